The lowest BCUT2D eigenvalue weighted by Crippen LogP contribution is -2.47. The van der Waals surface area contributed by atoms with E-state index in [4.69, 9.17) is 33.5 Å². The summed E-state index contributed by atoms with van der Waals surface area (Å²) in [7, 11) is 0. The van der Waals surface area contributed by atoms with Gasteiger partial charge in [-0.2, -0.15) is 11.8 Å². The molecule has 0 aliphatic rings. The minimum Gasteiger partial charge on any atom is -0.481 e. The van der Waals surface area contributed by atoms with Gasteiger partial charge in [0.05, 0.1) is 26.4 Å². The Bertz CT molecular complexity index is 1330. The number of amides is 4. The molecule has 0 fully saturated rings. The van der Waals surface area contributed by atoms with Gasteiger partial charge in [-0.3, -0.25) is 19.2 Å². The van der Waals surface area contributed by atoms with Crippen LogP contribution in [0.15, 0.2) is 0 Å². The summed E-state index contributed by atoms with van der Waals surface area (Å²) in [4.78, 5) is 84.8. The maximum atomic E-state index is 12.7. The third-order valence-corrected chi connectivity index (χ3v) is 9.08. The first-order valence-corrected chi connectivity index (χ1v) is 22.9. The van der Waals surface area contributed by atoms with Gasteiger partial charge < -0.3 is 54.8 Å². The highest BCUT2D eigenvalue weighted by Gasteiger charge is 2.29. The van der Waals surface area contributed by atoms with E-state index < -0.39 is 58.8 Å². The number of alkyl carbamates (subject to hydrolysis) is 1. The van der Waals surface area contributed by atoms with E-state index in [2.05, 4.69) is 21.3 Å². The minimum absolute atomic E-state index is 0.0281. The molecule has 62 heavy (non-hydrogen) atoms. The van der Waals surface area contributed by atoms with Crippen LogP contribution in [0.25, 0.3) is 0 Å². The van der Waals surface area contributed by atoms with Crippen LogP contribution in [0.3, 0.4) is 0 Å². The van der Waals surface area contributed by atoms with Crippen LogP contribution in [0.2, 0.25) is 0 Å². The first-order valence-electron chi connectivity index (χ1n) is 21.8. The molecule has 0 aromatic heterocycles. The van der Waals surface area contributed by atoms with Gasteiger partial charge >= 0.3 is 24.0 Å². The molecule has 0 radical (unpaired) electrons. The van der Waals surface area contributed by atoms with Gasteiger partial charge in [-0.05, 0) is 100 Å². The van der Waals surface area contributed by atoms with Crippen LogP contribution in [0.5, 0.6) is 0 Å². The van der Waals surface area contributed by atoms with Crippen LogP contribution >= 0.6 is 11.8 Å². The summed E-state index contributed by atoms with van der Waals surface area (Å²) in [6.07, 6.45) is 5.14. The lowest BCUT2D eigenvalue weighted by atomic mass is 10.1. The fourth-order valence-electron chi connectivity index (χ4n) is 5.12. The van der Waals surface area contributed by atoms with Crippen molar-refractivity contribution in [3.63, 3.8) is 0 Å². The number of nitrogens with one attached hydrogen (secondary N) is 4. The number of carbonyl (C=O) groups excluding carboxylic acids is 6. The highest BCUT2D eigenvalue weighted by molar-refractivity contribution is 7.99. The first kappa shape index (κ1) is 58.3. The molecule has 2 atom stereocenters. The zero-order valence-corrected chi connectivity index (χ0v) is 39.7. The second-order valence-corrected chi connectivity index (χ2v) is 18.8. The quantitative estimate of drug-likeness (QED) is 0.0330. The molecule has 0 heterocycles. The van der Waals surface area contributed by atoms with Crippen LogP contribution in [0.1, 0.15) is 139 Å². The molecule has 0 aliphatic heterocycles. The van der Waals surface area contributed by atoms with Gasteiger partial charge in [0.25, 0.3) is 0 Å². The highest BCUT2D eigenvalue weighted by atomic mass is 32.2. The molecule has 0 spiro atoms. The second-order valence-electron chi connectivity index (χ2n) is 17.7. The lowest BCUT2D eigenvalue weighted by molar-refractivity contribution is -0.159. The van der Waals surface area contributed by atoms with Crippen molar-refractivity contribution in [2.45, 2.75) is 168 Å². The third-order valence-electron chi connectivity index (χ3n) is 7.93. The number of carbonyl (C=O) groups is 7. The zero-order valence-electron chi connectivity index (χ0n) is 38.9. The molecule has 0 saturated heterocycles. The SMILES string of the molecule is CC(C)(C)OC(=O)NC(CSCCCCCCCC(=O)NCCCOCCOCCOCCCNC(=O)CCC(=O)NC(CCC(=O)O)C(=O)OC(C)(C)C)C(=O)OC(C)(C)C. The number of hydrogen-bond acceptors (Lipinski definition) is 14. The van der Waals surface area contributed by atoms with Gasteiger partial charge in [-0.1, -0.05) is 19.3 Å². The summed E-state index contributed by atoms with van der Waals surface area (Å²) in [5.74, 6) is -1.96. The van der Waals surface area contributed by atoms with E-state index in [0.717, 1.165) is 37.9 Å². The Morgan fingerprint density at radius 3 is 1.47 bits per heavy atom. The average Bonchev–Trinajstić information content (AvgIpc) is 3.13. The molecule has 0 aromatic carbocycles. The maximum absolute atomic E-state index is 12.7. The molecule has 0 aliphatic carbocycles. The van der Waals surface area contributed by atoms with Crippen molar-refractivity contribution in [3.8, 4) is 0 Å². The van der Waals surface area contributed by atoms with Crippen molar-refractivity contribution in [2.75, 3.05) is 64.2 Å². The van der Waals surface area contributed by atoms with Crippen LogP contribution in [0, 0.1) is 0 Å². The monoisotopic (exact) mass is 907 g/mol. The molecule has 0 bridgehead atoms. The van der Waals surface area contributed by atoms with Gasteiger partial charge in [0.2, 0.25) is 17.7 Å². The Hall–Kier alpha value is -3.68. The fourth-order valence-corrected chi connectivity index (χ4v) is 6.15. The fraction of sp³-hybridized carbons (Fsp3) is 0.837. The molecule has 360 valence electrons. The predicted molar refractivity (Wildman–Crippen MR) is 236 cm³/mol. The molecular formula is C43H78N4O14S. The lowest BCUT2D eigenvalue weighted by Gasteiger charge is -2.26. The highest BCUT2D eigenvalue weighted by Crippen LogP contribution is 2.16. The van der Waals surface area contributed by atoms with Crippen molar-refractivity contribution >= 4 is 53.5 Å². The molecule has 4 amide bonds. The van der Waals surface area contributed by atoms with Crippen molar-refractivity contribution in [2.24, 2.45) is 0 Å². The summed E-state index contributed by atoms with van der Waals surface area (Å²) >= 11 is 1.58. The number of rotatable bonds is 34. The van der Waals surface area contributed by atoms with E-state index in [1.54, 1.807) is 74.1 Å². The van der Waals surface area contributed by atoms with E-state index in [9.17, 15) is 33.6 Å². The van der Waals surface area contributed by atoms with E-state index in [0.29, 0.717) is 77.7 Å². The zero-order chi connectivity index (χ0) is 47.0. The van der Waals surface area contributed by atoms with Gasteiger partial charge in [-0.15, -0.1) is 0 Å². The Morgan fingerprint density at radius 2 is 0.952 bits per heavy atom. The Morgan fingerprint density at radius 1 is 0.500 bits per heavy atom. The summed E-state index contributed by atoms with van der Waals surface area (Å²) < 4.78 is 32.6. The number of unbranched alkanes of at least 4 members (excludes halogenated alkanes) is 4. The largest absolute Gasteiger partial charge is 0.481 e. The topological polar surface area (TPSA) is 243 Å². The Kier molecular flexibility index (Phi) is 31.0. The van der Waals surface area contributed by atoms with Crippen LogP contribution in [0.4, 0.5) is 4.79 Å². The molecule has 5 N–H and O–H groups in total. The van der Waals surface area contributed by atoms with Crippen molar-refractivity contribution in [1.82, 2.24) is 21.3 Å². The van der Waals surface area contributed by atoms with Crippen molar-refractivity contribution in [3.05, 3.63) is 0 Å². The second kappa shape index (κ2) is 32.9. The number of carboxylic acid groups (broad SMARTS) is 1. The predicted octanol–water partition coefficient (Wildman–Crippen LogP) is 4.83. The summed E-state index contributed by atoms with van der Waals surface area (Å²) in [5.41, 5.74) is -2.15. The van der Waals surface area contributed by atoms with E-state index in [-0.39, 0.29) is 37.5 Å². The van der Waals surface area contributed by atoms with Crippen LogP contribution in [-0.2, 0) is 57.2 Å². The minimum atomic E-state index is -1.12. The van der Waals surface area contributed by atoms with E-state index >= 15 is 0 Å². The first-order chi connectivity index (χ1) is 29.0. The Balaban J connectivity index is 3.81. The number of esters is 2. The van der Waals surface area contributed by atoms with Crippen LogP contribution in [-0.4, -0.2) is 140 Å². The third kappa shape index (κ3) is 38.0. The van der Waals surface area contributed by atoms with Gasteiger partial charge in [-0.25, -0.2) is 14.4 Å². The number of aliphatic carboxylic acids is 1. The van der Waals surface area contributed by atoms with Crippen LogP contribution < -0.4 is 21.3 Å². The average molecular weight is 907 g/mol. The Labute approximate surface area is 373 Å². The summed E-state index contributed by atoms with van der Waals surface area (Å²) in [6.45, 7) is 19.1. The van der Waals surface area contributed by atoms with Crippen molar-refractivity contribution < 1.29 is 67.1 Å². The smallest absolute Gasteiger partial charge is 0.408 e. The summed E-state index contributed by atoms with van der Waals surface area (Å²) in [5, 5.41) is 19.7. The summed E-state index contributed by atoms with van der Waals surface area (Å²) in [6, 6.07) is -1.92. The van der Waals surface area contributed by atoms with Crippen molar-refractivity contribution in [1.29, 1.82) is 0 Å². The molecular weight excluding hydrogens is 829 g/mol. The number of thioether (sulfide) groups is 1. The standard InChI is InChI=1S/C43H78N4O14S/c1-41(2,3)59-38(53)32(18-21-37(51)52)46-36(50)20-19-35(49)45-23-16-25-57-27-29-58-28-26-56-24-15-22-44-34(48)17-13-11-10-12-14-30-62-31-33(39(54)60-42(4,5)6)47-40(55)61-43(7,8)9/h32-33H,10-31H2,1-9H3,(H,44,48)(H,45,49)(H,46,50)(H,47,55)(H,51,52). The number of hydrogen-bond donors (Lipinski definition) is 5. The van der Waals surface area contributed by atoms with Gasteiger partial charge in [0.1, 0.15) is 28.9 Å². The number of ether oxygens (including phenoxy) is 6. The molecule has 0 saturated carbocycles. The molecule has 19 heteroatoms. The molecule has 2 unspecified atom stereocenters. The van der Waals surface area contributed by atoms with Gasteiger partial charge in [0, 0.05) is 57.7 Å². The molecule has 0 aromatic rings. The maximum Gasteiger partial charge on any atom is 0.408 e. The van der Waals surface area contributed by atoms with E-state index in [1.165, 1.54) is 0 Å². The normalized spacial score (nSPS) is 12.7. The van der Waals surface area contributed by atoms with E-state index in [1.807, 2.05) is 0 Å². The number of carboxylic acids is 1. The molecule has 18 nitrogen and oxygen atoms in total. The molecule has 0 rings (SSSR count). The van der Waals surface area contributed by atoms with Gasteiger partial charge in [0.15, 0.2) is 0 Å².